The number of carbonyl (C=O) groups excluding carboxylic acids is 3. The van der Waals surface area contributed by atoms with E-state index >= 15 is 0 Å². The Morgan fingerprint density at radius 2 is 1.85 bits per heavy atom. The number of amides is 3. The summed E-state index contributed by atoms with van der Waals surface area (Å²) >= 11 is 0. The van der Waals surface area contributed by atoms with Crippen LogP contribution in [0.1, 0.15) is 35.2 Å². The highest BCUT2D eigenvalue weighted by Crippen LogP contribution is 2.14. The van der Waals surface area contributed by atoms with Crippen LogP contribution < -0.4 is 16.0 Å². The van der Waals surface area contributed by atoms with Gasteiger partial charge in [0.05, 0.1) is 12.6 Å². The summed E-state index contributed by atoms with van der Waals surface area (Å²) in [5.41, 5.74) is 2.94. The van der Waals surface area contributed by atoms with E-state index in [1.54, 1.807) is 37.2 Å². The first-order chi connectivity index (χ1) is 15.9. The SMILES string of the molecule is CN(C)C(=O)CCc1ccc(NC(=O)CNc2cccc(C(=O)NCC3CCCO3)c2)cc1. The molecular formula is C25H32N4O4. The van der Waals surface area contributed by atoms with Crippen molar-refractivity contribution in [3.05, 3.63) is 59.7 Å². The average molecular weight is 453 g/mol. The number of nitrogens with one attached hydrogen (secondary N) is 3. The number of ether oxygens (including phenoxy) is 1. The van der Waals surface area contributed by atoms with Crippen molar-refractivity contribution in [3.63, 3.8) is 0 Å². The first-order valence-corrected chi connectivity index (χ1v) is 11.2. The summed E-state index contributed by atoms with van der Waals surface area (Å²) in [5.74, 6) is -0.271. The van der Waals surface area contributed by atoms with E-state index < -0.39 is 0 Å². The van der Waals surface area contributed by atoms with Crippen LogP contribution in [0, 0.1) is 0 Å². The molecule has 176 valence electrons. The molecule has 1 aliphatic heterocycles. The van der Waals surface area contributed by atoms with Gasteiger partial charge in [-0.15, -0.1) is 0 Å². The molecule has 0 radical (unpaired) electrons. The quantitative estimate of drug-likeness (QED) is 0.515. The van der Waals surface area contributed by atoms with Gasteiger partial charge in [-0.05, 0) is 55.2 Å². The maximum atomic E-state index is 12.4. The second-order valence-electron chi connectivity index (χ2n) is 8.31. The number of hydrogen-bond acceptors (Lipinski definition) is 5. The highest BCUT2D eigenvalue weighted by molar-refractivity contribution is 5.96. The topological polar surface area (TPSA) is 99.8 Å². The van der Waals surface area contributed by atoms with Gasteiger partial charge in [0.1, 0.15) is 0 Å². The first-order valence-electron chi connectivity index (χ1n) is 11.2. The zero-order valence-corrected chi connectivity index (χ0v) is 19.2. The van der Waals surface area contributed by atoms with E-state index in [1.165, 1.54) is 0 Å². The Morgan fingerprint density at radius 3 is 2.55 bits per heavy atom. The molecule has 3 N–H and O–H groups in total. The van der Waals surface area contributed by atoms with E-state index in [2.05, 4.69) is 16.0 Å². The summed E-state index contributed by atoms with van der Waals surface area (Å²) < 4.78 is 5.53. The fraction of sp³-hybridized carbons (Fsp3) is 0.400. The van der Waals surface area contributed by atoms with Crippen LogP contribution >= 0.6 is 0 Å². The predicted octanol–water partition coefficient (Wildman–Crippen LogP) is 2.67. The zero-order chi connectivity index (χ0) is 23.6. The molecule has 0 aromatic heterocycles. The standard InChI is InChI=1S/C25H32N4O4/c1-29(2)24(31)13-10-18-8-11-20(12-9-18)28-23(30)17-26-21-6-3-5-19(15-21)25(32)27-16-22-7-4-14-33-22/h3,5-6,8-9,11-12,15,22,26H,4,7,10,13-14,16-17H2,1-2H3,(H,27,32)(H,28,30). The Morgan fingerprint density at radius 1 is 1.06 bits per heavy atom. The molecule has 1 saturated heterocycles. The maximum absolute atomic E-state index is 12.4. The molecule has 0 saturated carbocycles. The smallest absolute Gasteiger partial charge is 0.251 e. The van der Waals surface area contributed by atoms with Crippen molar-refractivity contribution in [1.29, 1.82) is 0 Å². The van der Waals surface area contributed by atoms with Crippen LogP contribution in [0.3, 0.4) is 0 Å². The maximum Gasteiger partial charge on any atom is 0.251 e. The lowest BCUT2D eigenvalue weighted by molar-refractivity contribution is -0.128. The van der Waals surface area contributed by atoms with E-state index in [0.29, 0.717) is 36.3 Å². The van der Waals surface area contributed by atoms with Crippen molar-refractivity contribution in [2.45, 2.75) is 31.8 Å². The number of nitrogens with zero attached hydrogens (tertiary/aromatic N) is 1. The summed E-state index contributed by atoms with van der Waals surface area (Å²) in [6.45, 7) is 1.33. The molecule has 3 rings (SSSR count). The number of aryl methyl sites for hydroxylation is 1. The van der Waals surface area contributed by atoms with Crippen LogP contribution in [0.2, 0.25) is 0 Å². The Balaban J connectivity index is 1.43. The summed E-state index contributed by atoms with van der Waals surface area (Å²) in [7, 11) is 3.49. The second kappa shape index (κ2) is 12.0. The third-order valence-electron chi connectivity index (χ3n) is 5.46. The number of rotatable bonds is 10. The van der Waals surface area contributed by atoms with Gasteiger partial charge >= 0.3 is 0 Å². The molecule has 1 fully saturated rings. The number of anilines is 2. The van der Waals surface area contributed by atoms with Gasteiger partial charge in [-0.3, -0.25) is 14.4 Å². The molecule has 0 aliphatic carbocycles. The molecule has 0 spiro atoms. The van der Waals surface area contributed by atoms with Gasteiger partial charge in [0.15, 0.2) is 0 Å². The number of hydrogen-bond donors (Lipinski definition) is 3. The van der Waals surface area contributed by atoms with Gasteiger partial charge in [-0.2, -0.15) is 0 Å². The third-order valence-corrected chi connectivity index (χ3v) is 5.46. The molecule has 2 aromatic rings. The summed E-state index contributed by atoms with van der Waals surface area (Å²) in [6, 6.07) is 14.5. The fourth-order valence-electron chi connectivity index (χ4n) is 3.50. The molecule has 8 nitrogen and oxygen atoms in total. The van der Waals surface area contributed by atoms with Gasteiger partial charge in [-0.25, -0.2) is 0 Å². The number of carbonyl (C=O) groups is 3. The van der Waals surface area contributed by atoms with E-state index in [1.807, 2.05) is 30.3 Å². The summed E-state index contributed by atoms with van der Waals surface area (Å²) in [5, 5.41) is 8.79. The van der Waals surface area contributed by atoms with Crippen LogP contribution in [0.15, 0.2) is 48.5 Å². The van der Waals surface area contributed by atoms with Crippen LogP contribution in [0.5, 0.6) is 0 Å². The zero-order valence-electron chi connectivity index (χ0n) is 19.2. The van der Waals surface area contributed by atoms with Gasteiger partial charge < -0.3 is 25.6 Å². The van der Waals surface area contributed by atoms with Crippen molar-refractivity contribution in [3.8, 4) is 0 Å². The monoisotopic (exact) mass is 452 g/mol. The van der Waals surface area contributed by atoms with Gasteiger partial charge in [-0.1, -0.05) is 18.2 Å². The molecule has 1 unspecified atom stereocenters. The predicted molar refractivity (Wildman–Crippen MR) is 128 cm³/mol. The average Bonchev–Trinajstić information content (AvgIpc) is 3.34. The third kappa shape index (κ3) is 7.91. The molecular weight excluding hydrogens is 420 g/mol. The van der Waals surface area contributed by atoms with E-state index in [-0.39, 0.29) is 30.4 Å². The Kier molecular flexibility index (Phi) is 8.83. The van der Waals surface area contributed by atoms with Crippen LogP contribution in [-0.4, -0.2) is 62.5 Å². The van der Waals surface area contributed by atoms with Crippen LogP contribution in [0.4, 0.5) is 11.4 Å². The minimum absolute atomic E-state index is 0.0695. The molecule has 33 heavy (non-hydrogen) atoms. The minimum atomic E-state index is -0.196. The van der Waals surface area contributed by atoms with E-state index in [4.69, 9.17) is 4.74 Å². The Labute approximate surface area is 194 Å². The molecule has 3 amide bonds. The van der Waals surface area contributed by atoms with Crippen molar-refractivity contribution in [2.24, 2.45) is 0 Å². The summed E-state index contributed by atoms with van der Waals surface area (Å²) in [6.07, 6.45) is 3.20. The normalized spacial score (nSPS) is 15.0. The highest BCUT2D eigenvalue weighted by Gasteiger charge is 2.16. The van der Waals surface area contributed by atoms with Crippen molar-refractivity contribution < 1.29 is 19.1 Å². The molecule has 0 bridgehead atoms. The molecule has 1 atom stereocenters. The van der Waals surface area contributed by atoms with Gasteiger partial charge in [0, 0.05) is 50.6 Å². The van der Waals surface area contributed by atoms with Crippen molar-refractivity contribution in [2.75, 3.05) is 44.4 Å². The van der Waals surface area contributed by atoms with Gasteiger partial charge in [0.2, 0.25) is 11.8 Å². The molecule has 1 heterocycles. The van der Waals surface area contributed by atoms with Crippen molar-refractivity contribution >= 4 is 29.1 Å². The van der Waals surface area contributed by atoms with E-state index in [0.717, 1.165) is 25.0 Å². The fourth-order valence-corrected chi connectivity index (χ4v) is 3.50. The highest BCUT2D eigenvalue weighted by atomic mass is 16.5. The van der Waals surface area contributed by atoms with E-state index in [9.17, 15) is 14.4 Å². The molecule has 1 aliphatic rings. The lowest BCUT2D eigenvalue weighted by Gasteiger charge is -2.12. The lowest BCUT2D eigenvalue weighted by Crippen LogP contribution is -2.31. The lowest BCUT2D eigenvalue weighted by atomic mass is 10.1. The molecule has 2 aromatic carbocycles. The largest absolute Gasteiger partial charge is 0.376 e. The Hall–Kier alpha value is -3.39. The second-order valence-corrected chi connectivity index (χ2v) is 8.31. The number of benzene rings is 2. The minimum Gasteiger partial charge on any atom is -0.376 e. The first kappa shape index (κ1) is 24.3. The van der Waals surface area contributed by atoms with Gasteiger partial charge in [0.25, 0.3) is 5.91 Å². The van der Waals surface area contributed by atoms with Crippen LogP contribution in [-0.2, 0) is 20.7 Å². The molecule has 8 heteroatoms. The van der Waals surface area contributed by atoms with Crippen LogP contribution in [0.25, 0.3) is 0 Å². The Bertz CT molecular complexity index is 953. The van der Waals surface area contributed by atoms with Crippen molar-refractivity contribution in [1.82, 2.24) is 10.2 Å². The summed E-state index contributed by atoms with van der Waals surface area (Å²) in [4.78, 5) is 38.0.